The number of halogens is 1. The molecule has 2 aromatic rings. The third kappa shape index (κ3) is 2.43. The van der Waals surface area contributed by atoms with Crippen LogP contribution in [0.4, 0.5) is 5.69 Å². The molecule has 0 saturated carbocycles. The van der Waals surface area contributed by atoms with E-state index in [4.69, 9.17) is 0 Å². The van der Waals surface area contributed by atoms with Crippen LogP contribution >= 0.6 is 15.9 Å². The lowest BCUT2D eigenvalue weighted by molar-refractivity contribution is 0.102. The molecule has 0 aliphatic heterocycles. The van der Waals surface area contributed by atoms with Crippen molar-refractivity contribution in [3.05, 3.63) is 53.0 Å². The molecule has 0 aromatic carbocycles. The fourth-order valence-corrected chi connectivity index (χ4v) is 1.52. The van der Waals surface area contributed by atoms with E-state index in [0.29, 0.717) is 11.3 Å². The van der Waals surface area contributed by atoms with Gasteiger partial charge in [0.1, 0.15) is 0 Å². The molecule has 0 radical (unpaired) electrons. The molecule has 16 heavy (non-hydrogen) atoms. The van der Waals surface area contributed by atoms with Crippen LogP contribution in [0.1, 0.15) is 10.4 Å². The molecule has 80 valence electrons. The van der Waals surface area contributed by atoms with Crippen LogP contribution in [0.25, 0.3) is 0 Å². The first-order valence-corrected chi connectivity index (χ1v) is 5.37. The molecule has 0 unspecified atom stereocenters. The van der Waals surface area contributed by atoms with Crippen LogP contribution in [0.3, 0.4) is 0 Å². The molecule has 2 rings (SSSR count). The molecular weight excluding hydrogens is 270 g/mol. The minimum atomic E-state index is -0.194. The number of nitrogens with zero attached hydrogens (tertiary/aromatic N) is 2. The van der Waals surface area contributed by atoms with Crippen molar-refractivity contribution in [1.82, 2.24) is 9.97 Å². The number of rotatable bonds is 2. The van der Waals surface area contributed by atoms with Gasteiger partial charge in [0, 0.05) is 24.8 Å². The van der Waals surface area contributed by atoms with Crippen molar-refractivity contribution >= 4 is 27.5 Å². The van der Waals surface area contributed by atoms with Gasteiger partial charge in [0.25, 0.3) is 5.91 Å². The minimum absolute atomic E-state index is 0.194. The summed E-state index contributed by atoms with van der Waals surface area (Å²) in [6.07, 6.45) is 6.38. The maximum absolute atomic E-state index is 11.8. The van der Waals surface area contributed by atoms with Crippen LogP contribution in [0.2, 0.25) is 0 Å². The van der Waals surface area contributed by atoms with Crippen LogP contribution in [-0.2, 0) is 0 Å². The van der Waals surface area contributed by atoms with Crippen molar-refractivity contribution < 1.29 is 4.79 Å². The molecule has 4 nitrogen and oxygen atoms in total. The van der Waals surface area contributed by atoms with Crippen molar-refractivity contribution in [3.8, 4) is 0 Å². The summed E-state index contributed by atoms with van der Waals surface area (Å²) in [5.74, 6) is -0.194. The molecule has 0 atom stereocenters. The Morgan fingerprint density at radius 1 is 1.19 bits per heavy atom. The zero-order chi connectivity index (χ0) is 11.4. The molecule has 0 aliphatic carbocycles. The Kier molecular flexibility index (Phi) is 3.26. The van der Waals surface area contributed by atoms with Gasteiger partial charge < -0.3 is 5.32 Å². The second-order valence-electron chi connectivity index (χ2n) is 3.05. The standard InChI is InChI=1S/C11H8BrN3O/c12-9-7-14-5-3-10(9)15-11(16)8-2-1-4-13-6-8/h1-7H,(H,14,15,16). The highest BCUT2D eigenvalue weighted by molar-refractivity contribution is 9.10. The first-order chi connectivity index (χ1) is 7.77. The molecule has 0 fully saturated rings. The Morgan fingerprint density at radius 2 is 2.00 bits per heavy atom. The molecule has 0 bridgehead atoms. The highest BCUT2D eigenvalue weighted by Gasteiger charge is 2.07. The van der Waals surface area contributed by atoms with Gasteiger partial charge in [0.15, 0.2) is 0 Å². The van der Waals surface area contributed by atoms with E-state index < -0.39 is 0 Å². The monoisotopic (exact) mass is 277 g/mol. The molecular formula is C11H8BrN3O. The number of amides is 1. The largest absolute Gasteiger partial charge is 0.321 e. The van der Waals surface area contributed by atoms with Crippen LogP contribution in [0.5, 0.6) is 0 Å². The van der Waals surface area contributed by atoms with Crippen molar-refractivity contribution in [2.45, 2.75) is 0 Å². The number of hydrogen-bond acceptors (Lipinski definition) is 3. The van der Waals surface area contributed by atoms with Crippen molar-refractivity contribution in [3.63, 3.8) is 0 Å². The van der Waals surface area contributed by atoms with Crippen LogP contribution in [0.15, 0.2) is 47.5 Å². The Bertz CT molecular complexity index is 502. The van der Waals surface area contributed by atoms with Gasteiger partial charge in [-0.25, -0.2) is 0 Å². The topological polar surface area (TPSA) is 54.9 Å². The quantitative estimate of drug-likeness (QED) is 0.918. The summed E-state index contributed by atoms with van der Waals surface area (Å²) in [7, 11) is 0. The van der Waals surface area contributed by atoms with E-state index in [1.165, 1.54) is 6.20 Å². The third-order valence-corrected chi connectivity index (χ3v) is 2.58. The summed E-state index contributed by atoms with van der Waals surface area (Å²) in [5.41, 5.74) is 1.20. The summed E-state index contributed by atoms with van der Waals surface area (Å²) in [6, 6.07) is 5.15. The SMILES string of the molecule is O=C(Nc1ccncc1Br)c1cccnc1. The second-order valence-corrected chi connectivity index (χ2v) is 3.91. The van der Waals surface area contributed by atoms with Gasteiger partial charge in [-0.05, 0) is 34.1 Å². The molecule has 2 heterocycles. The van der Waals surface area contributed by atoms with Gasteiger partial charge in [0.2, 0.25) is 0 Å². The van der Waals surface area contributed by atoms with Crippen LogP contribution in [0, 0.1) is 0 Å². The second kappa shape index (κ2) is 4.85. The third-order valence-electron chi connectivity index (χ3n) is 1.94. The summed E-state index contributed by atoms with van der Waals surface area (Å²) >= 11 is 3.30. The summed E-state index contributed by atoms with van der Waals surface area (Å²) < 4.78 is 0.743. The van der Waals surface area contributed by atoms with E-state index in [0.717, 1.165) is 4.47 Å². The predicted octanol–water partition coefficient (Wildman–Crippen LogP) is 2.49. The maximum Gasteiger partial charge on any atom is 0.257 e. The van der Waals surface area contributed by atoms with Crippen molar-refractivity contribution in [2.75, 3.05) is 5.32 Å². The minimum Gasteiger partial charge on any atom is -0.321 e. The van der Waals surface area contributed by atoms with E-state index in [2.05, 4.69) is 31.2 Å². The van der Waals surface area contributed by atoms with Gasteiger partial charge in [0.05, 0.1) is 15.7 Å². The van der Waals surface area contributed by atoms with Crippen LogP contribution < -0.4 is 5.32 Å². The number of hydrogen-bond donors (Lipinski definition) is 1. The summed E-state index contributed by atoms with van der Waals surface area (Å²) in [4.78, 5) is 19.6. The zero-order valence-electron chi connectivity index (χ0n) is 8.22. The average molecular weight is 278 g/mol. The Labute approximate surface area is 101 Å². The fraction of sp³-hybridized carbons (Fsp3) is 0. The van der Waals surface area contributed by atoms with Crippen molar-refractivity contribution in [1.29, 1.82) is 0 Å². The molecule has 1 amide bonds. The van der Waals surface area contributed by atoms with Gasteiger partial charge in [-0.15, -0.1) is 0 Å². The van der Waals surface area contributed by atoms with E-state index in [9.17, 15) is 4.79 Å². The average Bonchev–Trinajstić information content (AvgIpc) is 2.33. The van der Waals surface area contributed by atoms with Gasteiger partial charge in [-0.3, -0.25) is 14.8 Å². The fourth-order valence-electron chi connectivity index (χ4n) is 1.17. The Hall–Kier alpha value is -1.75. The van der Waals surface area contributed by atoms with E-state index in [-0.39, 0.29) is 5.91 Å². The van der Waals surface area contributed by atoms with Gasteiger partial charge in [-0.2, -0.15) is 0 Å². The molecule has 0 spiro atoms. The molecule has 5 heteroatoms. The Balaban J connectivity index is 2.18. The number of nitrogens with one attached hydrogen (secondary N) is 1. The lowest BCUT2D eigenvalue weighted by Crippen LogP contribution is -2.12. The highest BCUT2D eigenvalue weighted by Crippen LogP contribution is 2.20. The summed E-state index contributed by atoms with van der Waals surface area (Å²) in [5, 5.41) is 2.76. The number of aromatic nitrogens is 2. The van der Waals surface area contributed by atoms with Gasteiger partial charge in [-0.1, -0.05) is 0 Å². The van der Waals surface area contributed by atoms with E-state index in [1.54, 1.807) is 36.8 Å². The van der Waals surface area contributed by atoms with Gasteiger partial charge >= 0.3 is 0 Å². The van der Waals surface area contributed by atoms with E-state index >= 15 is 0 Å². The lowest BCUT2D eigenvalue weighted by Gasteiger charge is -2.05. The van der Waals surface area contributed by atoms with Crippen molar-refractivity contribution in [2.24, 2.45) is 0 Å². The number of carbonyl (C=O) groups is 1. The summed E-state index contributed by atoms with van der Waals surface area (Å²) in [6.45, 7) is 0. The maximum atomic E-state index is 11.8. The first-order valence-electron chi connectivity index (χ1n) is 4.58. The van der Waals surface area contributed by atoms with E-state index in [1.807, 2.05) is 0 Å². The molecule has 1 N–H and O–H groups in total. The Morgan fingerprint density at radius 3 is 2.69 bits per heavy atom. The number of anilines is 1. The van der Waals surface area contributed by atoms with Crippen LogP contribution in [-0.4, -0.2) is 15.9 Å². The normalized spacial score (nSPS) is 9.81. The molecule has 0 aliphatic rings. The lowest BCUT2D eigenvalue weighted by atomic mass is 10.2. The first kappa shape index (κ1) is 10.8. The number of carbonyl (C=O) groups excluding carboxylic acids is 1. The zero-order valence-corrected chi connectivity index (χ0v) is 9.81. The predicted molar refractivity (Wildman–Crippen MR) is 64.1 cm³/mol. The number of pyridine rings is 2. The smallest absolute Gasteiger partial charge is 0.257 e. The molecule has 0 saturated heterocycles. The molecule has 2 aromatic heterocycles. The highest BCUT2D eigenvalue weighted by atomic mass is 79.9.